The average Bonchev–Trinajstić information content (AvgIpc) is 2.79. The molecule has 0 radical (unpaired) electrons. The molecule has 0 heterocycles. The third kappa shape index (κ3) is 4.62. The average molecular weight is 380 g/mol. The largest absolute Gasteiger partial charge is 0.0751 e. The van der Waals surface area contributed by atoms with Gasteiger partial charge in [0, 0.05) is 16.7 Å². The van der Waals surface area contributed by atoms with Crippen LogP contribution in [0.25, 0.3) is 11.1 Å². The predicted molar refractivity (Wildman–Crippen MR) is 125 cm³/mol. The van der Waals surface area contributed by atoms with Gasteiger partial charge in [0.05, 0.1) is 5.57 Å². The lowest BCUT2D eigenvalue weighted by molar-refractivity contribution is 1.42. The van der Waals surface area contributed by atoms with E-state index in [-0.39, 0.29) is 0 Å². The Morgan fingerprint density at radius 3 is 1.90 bits per heavy atom. The molecule has 0 fully saturated rings. The first-order chi connectivity index (χ1) is 14.7. The first-order valence-corrected chi connectivity index (χ1v) is 9.88. The number of hydrogen-bond donors (Lipinski definition) is 0. The van der Waals surface area contributed by atoms with E-state index in [1.807, 2.05) is 48.6 Å². The van der Waals surface area contributed by atoms with E-state index in [2.05, 4.69) is 85.4 Å². The van der Waals surface area contributed by atoms with Crippen molar-refractivity contribution in [3.05, 3.63) is 130 Å². The molecule has 0 nitrogen and oxygen atoms in total. The number of allylic oxidation sites excluding steroid dienone is 4. The van der Waals surface area contributed by atoms with Gasteiger partial charge in [0.2, 0.25) is 0 Å². The van der Waals surface area contributed by atoms with Gasteiger partial charge in [-0.05, 0) is 61.4 Å². The van der Waals surface area contributed by atoms with Crippen molar-refractivity contribution in [1.82, 2.24) is 0 Å². The molecule has 3 aromatic rings. The van der Waals surface area contributed by atoms with E-state index in [0.29, 0.717) is 0 Å². The van der Waals surface area contributed by atoms with E-state index in [9.17, 15) is 0 Å². The highest BCUT2D eigenvalue weighted by atomic mass is 14.1. The quantitative estimate of drug-likeness (QED) is 0.333. The van der Waals surface area contributed by atoms with Gasteiger partial charge in [-0.15, -0.1) is 0 Å². The van der Waals surface area contributed by atoms with Gasteiger partial charge in [0.25, 0.3) is 0 Å². The van der Waals surface area contributed by atoms with Gasteiger partial charge in [-0.1, -0.05) is 94.8 Å². The minimum absolute atomic E-state index is 0.831. The highest BCUT2D eigenvalue weighted by molar-refractivity contribution is 5.78. The molecule has 140 valence electrons. The molecule has 1 aliphatic rings. The Morgan fingerprint density at radius 2 is 1.30 bits per heavy atom. The predicted octanol–water partition coefficient (Wildman–Crippen LogP) is 6.53. The highest BCUT2D eigenvalue weighted by Gasteiger charge is 2.09. The number of rotatable bonds is 1. The van der Waals surface area contributed by atoms with Crippen molar-refractivity contribution in [2.75, 3.05) is 0 Å². The van der Waals surface area contributed by atoms with Crippen LogP contribution in [0.5, 0.6) is 0 Å². The minimum Gasteiger partial charge on any atom is -0.0689 e. The second kappa shape index (κ2) is 8.88. The van der Waals surface area contributed by atoms with Crippen LogP contribution in [0.4, 0.5) is 0 Å². The number of benzene rings is 3. The Hall–Kier alpha value is -4.18. The molecule has 0 spiro atoms. The van der Waals surface area contributed by atoms with Crippen LogP contribution >= 0.6 is 0 Å². The van der Waals surface area contributed by atoms with Crippen molar-refractivity contribution >= 4 is 0 Å². The van der Waals surface area contributed by atoms with Gasteiger partial charge in [-0.2, -0.15) is 0 Å². The molecular formula is C30H20. The van der Waals surface area contributed by atoms with Gasteiger partial charge in [0.15, 0.2) is 0 Å². The zero-order valence-electron chi connectivity index (χ0n) is 17.1. The SMILES string of the molecule is Cc1ccc(C#CC2=C=C=CC=C2)c(-c2cc(C)ccc2C#Cc2ccccc2)c1. The summed E-state index contributed by atoms with van der Waals surface area (Å²) in [6.45, 7) is 4.21. The minimum atomic E-state index is 0.831. The Balaban J connectivity index is 1.84. The van der Waals surface area contributed by atoms with Crippen LogP contribution in [0.1, 0.15) is 27.8 Å². The lowest BCUT2D eigenvalue weighted by Crippen LogP contribution is -1.91. The van der Waals surface area contributed by atoms with E-state index in [0.717, 1.165) is 33.4 Å². The molecule has 0 bridgehead atoms. The van der Waals surface area contributed by atoms with Crippen molar-refractivity contribution in [2.45, 2.75) is 13.8 Å². The second-order valence-corrected chi connectivity index (χ2v) is 7.17. The third-order valence-electron chi connectivity index (χ3n) is 4.74. The summed E-state index contributed by atoms with van der Waals surface area (Å²) in [6, 6.07) is 22.8. The van der Waals surface area contributed by atoms with Crippen LogP contribution in [-0.4, -0.2) is 0 Å². The molecule has 0 amide bonds. The fourth-order valence-electron chi connectivity index (χ4n) is 3.20. The maximum atomic E-state index is 3.37. The van der Waals surface area contributed by atoms with Gasteiger partial charge < -0.3 is 0 Å². The van der Waals surface area contributed by atoms with Crippen molar-refractivity contribution in [1.29, 1.82) is 0 Å². The smallest absolute Gasteiger partial charge is 0.0689 e. The zero-order chi connectivity index (χ0) is 20.8. The summed E-state index contributed by atoms with van der Waals surface area (Å²) in [5, 5.41) is 0. The van der Waals surface area contributed by atoms with Gasteiger partial charge >= 0.3 is 0 Å². The van der Waals surface area contributed by atoms with E-state index in [1.54, 1.807) is 0 Å². The monoisotopic (exact) mass is 380 g/mol. The molecule has 0 aromatic heterocycles. The third-order valence-corrected chi connectivity index (χ3v) is 4.74. The van der Waals surface area contributed by atoms with Crippen LogP contribution < -0.4 is 0 Å². The van der Waals surface area contributed by atoms with Gasteiger partial charge in [-0.25, -0.2) is 0 Å². The molecule has 0 saturated carbocycles. The summed E-state index contributed by atoms with van der Waals surface area (Å²) in [6.07, 6.45) is 5.70. The van der Waals surface area contributed by atoms with Gasteiger partial charge in [0.1, 0.15) is 0 Å². The van der Waals surface area contributed by atoms with Crippen molar-refractivity contribution < 1.29 is 0 Å². The Labute approximate surface area is 178 Å². The fraction of sp³-hybridized carbons (Fsp3) is 0.0667. The molecular weight excluding hydrogens is 360 g/mol. The van der Waals surface area contributed by atoms with E-state index in [1.165, 1.54) is 11.1 Å². The molecule has 30 heavy (non-hydrogen) atoms. The molecule has 0 saturated heterocycles. The summed E-state index contributed by atoms with van der Waals surface area (Å²) in [4.78, 5) is 0. The molecule has 3 aromatic carbocycles. The van der Waals surface area contributed by atoms with E-state index >= 15 is 0 Å². The molecule has 1 aliphatic carbocycles. The first-order valence-electron chi connectivity index (χ1n) is 9.88. The molecule has 0 N–H and O–H groups in total. The van der Waals surface area contributed by atoms with Crippen LogP contribution in [0, 0.1) is 37.5 Å². The Kier molecular flexibility index (Phi) is 5.67. The molecule has 4 rings (SSSR count). The maximum absolute atomic E-state index is 3.37. The molecule has 0 heteroatoms. The number of aryl methyl sites for hydroxylation is 2. The van der Waals surface area contributed by atoms with Crippen LogP contribution in [-0.2, 0) is 0 Å². The first kappa shape index (κ1) is 19.2. The topological polar surface area (TPSA) is 0 Å². The lowest BCUT2D eigenvalue weighted by Gasteiger charge is -2.10. The lowest BCUT2D eigenvalue weighted by atomic mass is 9.92. The zero-order valence-corrected chi connectivity index (χ0v) is 17.1. The fourth-order valence-corrected chi connectivity index (χ4v) is 3.20. The summed E-state index contributed by atoms with van der Waals surface area (Å²) in [5.41, 5.74) is 14.4. The summed E-state index contributed by atoms with van der Waals surface area (Å²) < 4.78 is 0. The van der Waals surface area contributed by atoms with Crippen LogP contribution in [0.15, 0.2) is 102 Å². The normalized spacial score (nSPS) is 11.2. The standard InChI is InChI=1S/C30H20/c1-23-13-17-27(19-15-25-9-5-3-6-10-25)29(21-23)30-22-24(2)14-18-28(30)20-16-26-11-7-4-8-12-26/h3-7,9-11,13-14,17-18,21-22H,1-2H3. The van der Waals surface area contributed by atoms with E-state index in [4.69, 9.17) is 0 Å². The maximum Gasteiger partial charge on any atom is 0.0751 e. The van der Waals surface area contributed by atoms with Crippen molar-refractivity contribution in [3.63, 3.8) is 0 Å². The molecule has 0 aliphatic heterocycles. The van der Waals surface area contributed by atoms with Crippen LogP contribution in [0.2, 0.25) is 0 Å². The second-order valence-electron chi connectivity index (χ2n) is 7.17. The molecule has 0 atom stereocenters. The van der Waals surface area contributed by atoms with E-state index < -0.39 is 0 Å². The van der Waals surface area contributed by atoms with Crippen LogP contribution in [0.3, 0.4) is 0 Å². The molecule has 0 unspecified atom stereocenters. The van der Waals surface area contributed by atoms with Gasteiger partial charge in [-0.3, -0.25) is 0 Å². The summed E-state index contributed by atoms with van der Waals surface area (Å²) in [5.74, 6) is 13.2. The number of hydrogen-bond acceptors (Lipinski definition) is 0. The Bertz CT molecular complexity index is 1360. The van der Waals surface area contributed by atoms with Crippen molar-refractivity contribution in [2.24, 2.45) is 0 Å². The van der Waals surface area contributed by atoms with Crippen molar-refractivity contribution in [3.8, 4) is 34.8 Å². The highest BCUT2D eigenvalue weighted by Crippen LogP contribution is 2.29. The summed E-state index contributed by atoms with van der Waals surface area (Å²) >= 11 is 0. The Morgan fingerprint density at radius 1 is 0.667 bits per heavy atom. The summed E-state index contributed by atoms with van der Waals surface area (Å²) in [7, 11) is 0.